The van der Waals surface area contributed by atoms with E-state index in [0.29, 0.717) is 19.8 Å². The van der Waals surface area contributed by atoms with Crippen LogP contribution >= 0.6 is 0 Å². The van der Waals surface area contributed by atoms with E-state index in [1.807, 2.05) is 24.3 Å². The molecule has 1 unspecified atom stereocenters. The quantitative estimate of drug-likeness (QED) is 0.791. The fourth-order valence-electron chi connectivity index (χ4n) is 2.97. The fraction of sp³-hybridized carbons (Fsp3) is 0.389. The van der Waals surface area contributed by atoms with Gasteiger partial charge in [-0.2, -0.15) is 0 Å². The molecule has 2 aromatic rings. The highest BCUT2D eigenvalue weighted by molar-refractivity contribution is 5.96. The van der Waals surface area contributed by atoms with Crippen LogP contribution in [0.1, 0.15) is 22.1 Å². The zero-order valence-corrected chi connectivity index (χ0v) is 14.7. The summed E-state index contributed by atoms with van der Waals surface area (Å²) in [5, 5.41) is 2.93. The second-order valence-electron chi connectivity index (χ2n) is 5.94. The minimum Gasteiger partial charge on any atom is -0.497 e. The van der Waals surface area contributed by atoms with Crippen molar-refractivity contribution in [3.05, 3.63) is 47.9 Å². The smallest absolute Gasteiger partial charge is 0.273 e. The number of nitrogen functional groups attached to an aromatic ring is 1. The van der Waals surface area contributed by atoms with E-state index in [1.54, 1.807) is 7.11 Å². The Kier molecular flexibility index (Phi) is 5.98. The normalized spacial score (nSPS) is 16.0. The standard InChI is InChI=1S/C18H23N5O3/c1-25-14-4-2-13(3-5-14)15(23-8-10-26-11-9-23)12-22-18(24)16-17(19)21-7-6-20-16/h2-7,15H,8-12H2,1H3,(H2,19,21)(H,22,24). The maximum absolute atomic E-state index is 12.4. The summed E-state index contributed by atoms with van der Waals surface area (Å²) in [6.45, 7) is 3.40. The first-order valence-electron chi connectivity index (χ1n) is 8.49. The molecule has 8 heteroatoms. The first-order valence-corrected chi connectivity index (χ1v) is 8.49. The minimum atomic E-state index is -0.331. The van der Waals surface area contributed by atoms with Crippen LogP contribution in [0.5, 0.6) is 5.75 Å². The first kappa shape index (κ1) is 18.1. The number of carbonyl (C=O) groups is 1. The molecule has 26 heavy (non-hydrogen) atoms. The Morgan fingerprint density at radius 2 is 1.96 bits per heavy atom. The molecule has 2 heterocycles. The van der Waals surface area contributed by atoms with Gasteiger partial charge in [0, 0.05) is 32.0 Å². The molecule has 0 radical (unpaired) electrons. The van der Waals surface area contributed by atoms with Crippen molar-refractivity contribution in [3.63, 3.8) is 0 Å². The van der Waals surface area contributed by atoms with Crippen molar-refractivity contribution in [3.8, 4) is 5.75 Å². The van der Waals surface area contributed by atoms with Gasteiger partial charge in [-0.3, -0.25) is 9.69 Å². The Morgan fingerprint density at radius 1 is 1.27 bits per heavy atom. The molecular formula is C18H23N5O3. The number of anilines is 1. The number of hydrogen-bond acceptors (Lipinski definition) is 7. The molecule has 0 bridgehead atoms. The van der Waals surface area contributed by atoms with E-state index in [-0.39, 0.29) is 23.5 Å². The van der Waals surface area contributed by atoms with Crippen LogP contribution in [0.2, 0.25) is 0 Å². The Hall–Kier alpha value is -2.71. The van der Waals surface area contributed by atoms with Crippen molar-refractivity contribution in [2.75, 3.05) is 45.7 Å². The van der Waals surface area contributed by atoms with Gasteiger partial charge >= 0.3 is 0 Å². The van der Waals surface area contributed by atoms with Crippen LogP contribution in [0.4, 0.5) is 5.82 Å². The summed E-state index contributed by atoms with van der Waals surface area (Å²) in [6.07, 6.45) is 2.91. The van der Waals surface area contributed by atoms with Crippen LogP contribution in [-0.2, 0) is 4.74 Å². The zero-order chi connectivity index (χ0) is 18.4. The average Bonchev–Trinajstić information content (AvgIpc) is 2.69. The minimum absolute atomic E-state index is 0.0200. The third-order valence-electron chi connectivity index (χ3n) is 4.38. The number of nitrogens with zero attached hydrogens (tertiary/aromatic N) is 3. The van der Waals surface area contributed by atoms with E-state index < -0.39 is 0 Å². The highest BCUT2D eigenvalue weighted by atomic mass is 16.5. The lowest BCUT2D eigenvalue weighted by Crippen LogP contribution is -2.44. The molecule has 3 rings (SSSR count). The van der Waals surface area contributed by atoms with Gasteiger partial charge in [0.05, 0.1) is 26.4 Å². The summed E-state index contributed by atoms with van der Waals surface area (Å²) in [4.78, 5) is 22.6. The van der Waals surface area contributed by atoms with Crippen molar-refractivity contribution in [1.82, 2.24) is 20.2 Å². The molecule has 0 saturated carbocycles. The fourth-order valence-corrected chi connectivity index (χ4v) is 2.97. The second kappa shape index (κ2) is 8.59. The number of carbonyl (C=O) groups excluding carboxylic acids is 1. The van der Waals surface area contributed by atoms with E-state index in [9.17, 15) is 4.79 Å². The van der Waals surface area contributed by atoms with Gasteiger partial charge in [-0.05, 0) is 17.7 Å². The van der Waals surface area contributed by atoms with Crippen molar-refractivity contribution in [1.29, 1.82) is 0 Å². The van der Waals surface area contributed by atoms with Gasteiger partial charge in [0.2, 0.25) is 0 Å². The molecule has 1 aliphatic rings. The van der Waals surface area contributed by atoms with Crippen LogP contribution in [0.3, 0.4) is 0 Å². The number of aromatic nitrogens is 2. The number of ether oxygens (including phenoxy) is 2. The van der Waals surface area contributed by atoms with Gasteiger partial charge in [-0.25, -0.2) is 9.97 Å². The number of morpholine rings is 1. The molecule has 1 atom stereocenters. The van der Waals surface area contributed by atoms with Crippen LogP contribution in [0.25, 0.3) is 0 Å². The van der Waals surface area contributed by atoms with Crippen LogP contribution < -0.4 is 15.8 Å². The molecule has 3 N–H and O–H groups in total. The number of amides is 1. The van der Waals surface area contributed by atoms with Gasteiger partial charge in [0.25, 0.3) is 5.91 Å². The third kappa shape index (κ3) is 4.27. The largest absolute Gasteiger partial charge is 0.497 e. The molecule has 138 valence electrons. The maximum Gasteiger partial charge on any atom is 0.273 e. The first-order chi connectivity index (χ1) is 12.7. The predicted octanol–water partition coefficient (Wildman–Crippen LogP) is 0.871. The summed E-state index contributed by atoms with van der Waals surface area (Å²) in [5.41, 5.74) is 6.98. The van der Waals surface area contributed by atoms with Crippen LogP contribution in [-0.4, -0.2) is 60.7 Å². The molecule has 8 nitrogen and oxygen atoms in total. The Balaban J connectivity index is 1.74. The van der Waals surface area contributed by atoms with E-state index >= 15 is 0 Å². The monoisotopic (exact) mass is 357 g/mol. The Bertz CT molecular complexity index is 732. The molecule has 1 amide bonds. The summed E-state index contributed by atoms with van der Waals surface area (Å²) < 4.78 is 10.7. The zero-order valence-electron chi connectivity index (χ0n) is 14.7. The molecule has 1 aromatic heterocycles. The summed E-state index contributed by atoms with van der Waals surface area (Å²) in [6, 6.07) is 7.90. The summed E-state index contributed by atoms with van der Waals surface area (Å²) in [7, 11) is 1.64. The van der Waals surface area contributed by atoms with E-state index in [0.717, 1.165) is 24.4 Å². The lowest BCUT2D eigenvalue weighted by Gasteiger charge is -2.35. The van der Waals surface area contributed by atoms with Crippen molar-refractivity contribution in [2.24, 2.45) is 0 Å². The predicted molar refractivity (Wildman–Crippen MR) is 96.9 cm³/mol. The number of benzene rings is 1. The van der Waals surface area contributed by atoms with Crippen molar-refractivity contribution < 1.29 is 14.3 Å². The van der Waals surface area contributed by atoms with Gasteiger partial charge in [0.15, 0.2) is 11.5 Å². The Labute approximate surface area is 152 Å². The average molecular weight is 357 g/mol. The molecule has 1 fully saturated rings. The summed E-state index contributed by atoms with van der Waals surface area (Å²) >= 11 is 0. The lowest BCUT2D eigenvalue weighted by atomic mass is 10.0. The summed E-state index contributed by atoms with van der Waals surface area (Å²) in [5.74, 6) is 0.589. The lowest BCUT2D eigenvalue weighted by molar-refractivity contribution is 0.0162. The molecule has 0 spiro atoms. The third-order valence-corrected chi connectivity index (χ3v) is 4.38. The highest BCUT2D eigenvalue weighted by Crippen LogP contribution is 2.23. The van der Waals surface area contributed by atoms with E-state index in [4.69, 9.17) is 15.2 Å². The maximum atomic E-state index is 12.4. The molecule has 0 aliphatic carbocycles. The van der Waals surface area contributed by atoms with Crippen LogP contribution in [0, 0.1) is 0 Å². The molecular weight excluding hydrogens is 334 g/mol. The molecule has 1 saturated heterocycles. The van der Waals surface area contributed by atoms with Gasteiger partial charge in [-0.15, -0.1) is 0 Å². The number of nitrogens with two attached hydrogens (primary N) is 1. The van der Waals surface area contributed by atoms with E-state index in [2.05, 4.69) is 20.2 Å². The topological polar surface area (TPSA) is 103 Å². The van der Waals surface area contributed by atoms with Crippen molar-refractivity contribution in [2.45, 2.75) is 6.04 Å². The van der Waals surface area contributed by atoms with Gasteiger partial charge < -0.3 is 20.5 Å². The van der Waals surface area contributed by atoms with Crippen molar-refractivity contribution >= 4 is 11.7 Å². The van der Waals surface area contributed by atoms with E-state index in [1.165, 1.54) is 12.4 Å². The molecule has 1 aliphatic heterocycles. The Morgan fingerprint density at radius 3 is 2.62 bits per heavy atom. The highest BCUT2D eigenvalue weighted by Gasteiger charge is 2.24. The SMILES string of the molecule is COc1ccc(C(CNC(=O)c2nccnc2N)N2CCOCC2)cc1. The van der Waals surface area contributed by atoms with Gasteiger partial charge in [-0.1, -0.05) is 12.1 Å². The number of methoxy groups -OCH3 is 1. The number of rotatable bonds is 6. The molecule has 1 aromatic carbocycles. The van der Waals surface area contributed by atoms with Gasteiger partial charge in [0.1, 0.15) is 5.75 Å². The second-order valence-corrected chi connectivity index (χ2v) is 5.94. The number of hydrogen-bond donors (Lipinski definition) is 2. The van der Waals surface area contributed by atoms with Crippen LogP contribution in [0.15, 0.2) is 36.7 Å². The number of nitrogens with one attached hydrogen (secondary N) is 1.